The molecule has 2 aromatic rings. The summed E-state index contributed by atoms with van der Waals surface area (Å²) in [5.41, 5.74) is 2.22. The zero-order valence-corrected chi connectivity index (χ0v) is 23.7. The fourth-order valence-corrected chi connectivity index (χ4v) is 4.14. The summed E-state index contributed by atoms with van der Waals surface area (Å²) in [5.74, 6) is 1.82. The molecule has 37 heavy (non-hydrogen) atoms. The van der Waals surface area contributed by atoms with Crippen LogP contribution in [0.1, 0.15) is 97.1 Å². The third-order valence-electron chi connectivity index (χ3n) is 6.96. The number of benzene rings is 2. The van der Waals surface area contributed by atoms with Crippen LogP contribution in [0, 0.1) is 0 Å². The molecule has 5 unspecified atom stereocenters. The molecule has 0 heterocycles. The van der Waals surface area contributed by atoms with Crippen LogP contribution in [0.5, 0.6) is 11.5 Å². The summed E-state index contributed by atoms with van der Waals surface area (Å²) in [7, 11) is 0. The van der Waals surface area contributed by atoms with E-state index in [9.17, 15) is 9.59 Å². The van der Waals surface area contributed by atoms with E-state index in [0.29, 0.717) is 31.2 Å². The maximum Gasteiger partial charge on any atom is 0.261 e. The van der Waals surface area contributed by atoms with Gasteiger partial charge in [0.2, 0.25) is 0 Å². The van der Waals surface area contributed by atoms with Crippen LogP contribution in [0.3, 0.4) is 0 Å². The molecule has 0 bridgehead atoms. The maximum atomic E-state index is 13.0. The Morgan fingerprint density at radius 1 is 0.676 bits per heavy atom. The molecule has 204 valence electrons. The first-order valence-electron chi connectivity index (χ1n) is 13.8. The molecule has 2 N–H and O–H groups in total. The molecule has 2 aromatic carbocycles. The summed E-state index contributed by atoms with van der Waals surface area (Å²) in [6.07, 6.45) is 1.87. The highest BCUT2D eigenvalue weighted by Gasteiger charge is 2.24. The van der Waals surface area contributed by atoms with E-state index in [0.717, 1.165) is 35.5 Å². The molecule has 0 aromatic heterocycles. The first kappa shape index (κ1) is 30.2. The van der Waals surface area contributed by atoms with Gasteiger partial charge in [0.05, 0.1) is 0 Å². The van der Waals surface area contributed by atoms with Crippen molar-refractivity contribution in [2.75, 3.05) is 6.54 Å². The molecule has 2 amide bonds. The minimum atomic E-state index is -0.605. The molecule has 0 radical (unpaired) electrons. The van der Waals surface area contributed by atoms with Crippen molar-refractivity contribution in [2.24, 2.45) is 0 Å². The highest BCUT2D eigenvalue weighted by Crippen LogP contribution is 2.30. The molecule has 0 aliphatic rings. The van der Waals surface area contributed by atoms with Gasteiger partial charge in [-0.2, -0.15) is 0 Å². The number of carbonyl (C=O) groups is 2. The van der Waals surface area contributed by atoms with Crippen LogP contribution in [0.25, 0.3) is 0 Å². The predicted octanol–water partition coefficient (Wildman–Crippen LogP) is 6.35. The summed E-state index contributed by atoms with van der Waals surface area (Å²) in [6, 6.07) is 15.5. The summed E-state index contributed by atoms with van der Waals surface area (Å²) in [6.45, 7) is 14.6. The number of rotatable bonds is 15. The monoisotopic (exact) mass is 510 g/mol. The smallest absolute Gasteiger partial charge is 0.261 e. The van der Waals surface area contributed by atoms with Crippen LogP contribution in [-0.2, 0) is 9.59 Å². The van der Waals surface area contributed by atoms with E-state index in [4.69, 9.17) is 9.47 Å². The summed E-state index contributed by atoms with van der Waals surface area (Å²) >= 11 is 0. The van der Waals surface area contributed by atoms with Gasteiger partial charge in [0.1, 0.15) is 11.5 Å². The number of hydrogen-bond acceptors (Lipinski definition) is 4. The molecule has 0 fully saturated rings. The van der Waals surface area contributed by atoms with E-state index in [1.54, 1.807) is 0 Å². The van der Waals surface area contributed by atoms with Crippen molar-refractivity contribution < 1.29 is 19.1 Å². The van der Waals surface area contributed by atoms with Crippen LogP contribution in [0.4, 0.5) is 0 Å². The van der Waals surface area contributed by atoms with Crippen molar-refractivity contribution in [1.29, 1.82) is 0 Å². The van der Waals surface area contributed by atoms with Crippen molar-refractivity contribution in [1.82, 2.24) is 10.6 Å². The van der Waals surface area contributed by atoms with E-state index in [2.05, 4.69) is 50.5 Å². The van der Waals surface area contributed by atoms with Crippen LogP contribution in [0.2, 0.25) is 0 Å². The molecular weight excluding hydrogens is 464 g/mol. The second-order valence-electron chi connectivity index (χ2n) is 9.88. The number of ether oxygens (including phenoxy) is 2. The molecule has 0 saturated carbocycles. The van der Waals surface area contributed by atoms with Crippen LogP contribution < -0.4 is 20.1 Å². The first-order valence-corrected chi connectivity index (χ1v) is 13.8. The minimum absolute atomic E-state index is 0.186. The average Bonchev–Trinajstić information content (AvgIpc) is 2.92. The lowest BCUT2D eigenvalue weighted by atomic mass is 9.98. The van der Waals surface area contributed by atoms with Gasteiger partial charge in [-0.05, 0) is 67.7 Å². The number of para-hydroxylation sites is 2. The summed E-state index contributed by atoms with van der Waals surface area (Å²) in [5, 5.41) is 5.93. The zero-order valence-electron chi connectivity index (χ0n) is 23.7. The summed E-state index contributed by atoms with van der Waals surface area (Å²) < 4.78 is 12.3. The van der Waals surface area contributed by atoms with Gasteiger partial charge < -0.3 is 20.1 Å². The number of carbonyl (C=O) groups excluding carboxylic acids is 2. The summed E-state index contributed by atoms with van der Waals surface area (Å²) in [4.78, 5) is 25.9. The Bertz CT molecular complexity index is 993. The second kappa shape index (κ2) is 15.3. The Balaban J connectivity index is 1.94. The minimum Gasteiger partial charge on any atom is -0.480 e. The number of hydrogen-bond donors (Lipinski definition) is 2. The Kier molecular flexibility index (Phi) is 12.5. The fourth-order valence-electron chi connectivity index (χ4n) is 4.14. The van der Waals surface area contributed by atoms with E-state index in [1.807, 2.05) is 57.2 Å². The van der Waals surface area contributed by atoms with Gasteiger partial charge in [-0.15, -0.1) is 0 Å². The lowest BCUT2D eigenvalue weighted by Gasteiger charge is -2.24. The maximum absolute atomic E-state index is 13.0. The molecule has 0 aliphatic heterocycles. The molecule has 2 rings (SSSR count). The number of nitrogens with one attached hydrogen (secondary N) is 2. The zero-order chi connectivity index (χ0) is 27.4. The first-order chi connectivity index (χ1) is 17.7. The van der Waals surface area contributed by atoms with Crippen molar-refractivity contribution in [3.8, 4) is 11.5 Å². The van der Waals surface area contributed by atoms with Crippen molar-refractivity contribution in [3.05, 3.63) is 59.7 Å². The van der Waals surface area contributed by atoms with Crippen LogP contribution in [0.15, 0.2) is 48.5 Å². The van der Waals surface area contributed by atoms with Crippen LogP contribution >= 0.6 is 0 Å². The Labute approximate surface area is 223 Å². The van der Waals surface area contributed by atoms with Gasteiger partial charge >= 0.3 is 0 Å². The highest BCUT2D eigenvalue weighted by molar-refractivity contribution is 5.82. The normalized spacial score (nSPS) is 15.1. The lowest BCUT2D eigenvalue weighted by Crippen LogP contribution is -2.49. The van der Waals surface area contributed by atoms with E-state index >= 15 is 0 Å². The second-order valence-corrected chi connectivity index (χ2v) is 9.88. The Morgan fingerprint density at radius 3 is 1.54 bits per heavy atom. The Morgan fingerprint density at radius 2 is 1.11 bits per heavy atom. The molecule has 6 heteroatoms. The lowest BCUT2D eigenvalue weighted by molar-refractivity contribution is -0.130. The quantitative estimate of drug-likeness (QED) is 0.293. The third kappa shape index (κ3) is 8.80. The molecule has 0 aliphatic carbocycles. The van der Waals surface area contributed by atoms with Gasteiger partial charge in [-0.1, -0.05) is 77.9 Å². The average molecular weight is 511 g/mol. The van der Waals surface area contributed by atoms with Gasteiger partial charge in [0.15, 0.2) is 12.2 Å². The standard InChI is InChI=1S/C31H46N2O4/c1-8-21(5)24-16-12-14-18-28(24)36-26(10-3)30(34)32-20-23(7)33-31(35)27(11-4)37-29-19-15-13-17-25(29)22(6)9-2/h12-19,21-23,26-27H,8-11,20H2,1-7H3,(H,32,34)(H,33,35). The fraction of sp³-hybridized carbons (Fsp3) is 0.548. The van der Waals surface area contributed by atoms with Gasteiger partial charge in [0.25, 0.3) is 11.8 Å². The third-order valence-corrected chi connectivity index (χ3v) is 6.96. The topological polar surface area (TPSA) is 76.7 Å². The molecule has 0 spiro atoms. The molecule has 5 atom stereocenters. The van der Waals surface area contributed by atoms with Crippen molar-refractivity contribution in [3.63, 3.8) is 0 Å². The van der Waals surface area contributed by atoms with Gasteiger partial charge in [0, 0.05) is 12.6 Å². The number of amides is 2. The Hall–Kier alpha value is -3.02. The van der Waals surface area contributed by atoms with Gasteiger partial charge in [-0.3, -0.25) is 9.59 Å². The molecule has 0 saturated heterocycles. The highest BCUT2D eigenvalue weighted by atomic mass is 16.5. The SMILES string of the molecule is CCC(Oc1ccccc1C(C)CC)C(=O)NCC(C)NC(=O)C(CC)Oc1ccccc1C(C)CC. The van der Waals surface area contributed by atoms with E-state index < -0.39 is 12.2 Å². The predicted molar refractivity (Wildman–Crippen MR) is 150 cm³/mol. The van der Waals surface area contributed by atoms with E-state index in [-0.39, 0.29) is 17.9 Å². The van der Waals surface area contributed by atoms with E-state index in [1.165, 1.54) is 0 Å². The van der Waals surface area contributed by atoms with Crippen molar-refractivity contribution in [2.45, 2.75) is 104 Å². The van der Waals surface area contributed by atoms with Gasteiger partial charge in [-0.25, -0.2) is 0 Å². The molecule has 6 nitrogen and oxygen atoms in total. The van der Waals surface area contributed by atoms with Crippen LogP contribution in [-0.4, -0.2) is 36.6 Å². The largest absolute Gasteiger partial charge is 0.480 e. The molecular formula is C31H46N2O4. The van der Waals surface area contributed by atoms with Crippen molar-refractivity contribution >= 4 is 11.8 Å².